The van der Waals surface area contributed by atoms with E-state index in [9.17, 15) is 23.3 Å². The molecule has 11 heteroatoms. The van der Waals surface area contributed by atoms with Crippen molar-refractivity contribution in [1.82, 2.24) is 5.32 Å². The van der Waals surface area contributed by atoms with E-state index < -0.39 is 15.0 Å². The summed E-state index contributed by atoms with van der Waals surface area (Å²) in [5, 5.41) is 14.1. The Hall–Kier alpha value is -3.96. The molecule has 1 aliphatic rings. The third-order valence-corrected chi connectivity index (χ3v) is 6.77. The van der Waals surface area contributed by atoms with Crippen molar-refractivity contribution in [1.29, 1.82) is 0 Å². The summed E-state index contributed by atoms with van der Waals surface area (Å²) in [5.41, 5.74) is 2.12. The lowest BCUT2D eigenvalue weighted by molar-refractivity contribution is -0.385. The Balaban J connectivity index is 1.47. The van der Waals surface area contributed by atoms with Crippen molar-refractivity contribution in [2.45, 2.75) is 11.8 Å². The number of aryl methyl sites for hydroxylation is 1. The predicted molar refractivity (Wildman–Crippen MR) is 129 cm³/mol. The van der Waals surface area contributed by atoms with Gasteiger partial charge in [0, 0.05) is 12.1 Å². The first-order valence-corrected chi connectivity index (χ1v) is 12.1. The van der Waals surface area contributed by atoms with Gasteiger partial charge in [0.15, 0.2) is 5.17 Å². The van der Waals surface area contributed by atoms with Crippen molar-refractivity contribution >= 4 is 50.4 Å². The number of aliphatic imine (C=N–C) groups is 1. The molecule has 172 valence electrons. The number of benzene rings is 3. The van der Waals surface area contributed by atoms with Crippen LogP contribution < -0.4 is 9.50 Å². The van der Waals surface area contributed by atoms with Crippen LogP contribution in [-0.4, -0.2) is 24.4 Å². The Kier molecular flexibility index (Phi) is 6.48. The highest BCUT2D eigenvalue weighted by Crippen LogP contribution is 2.29. The summed E-state index contributed by atoms with van der Waals surface area (Å²) in [5.74, 6) is -0.261. The number of carbonyl (C=O) groups is 1. The van der Waals surface area contributed by atoms with Crippen molar-refractivity contribution in [2.75, 3.05) is 0 Å². The molecule has 0 aliphatic carbocycles. The van der Waals surface area contributed by atoms with Crippen LogP contribution in [0.25, 0.3) is 6.08 Å². The maximum atomic E-state index is 12.5. The van der Waals surface area contributed by atoms with Crippen molar-refractivity contribution in [3.05, 3.63) is 98.9 Å². The maximum Gasteiger partial charge on any atom is 0.339 e. The van der Waals surface area contributed by atoms with E-state index in [1.54, 1.807) is 18.2 Å². The molecule has 4 rings (SSSR count). The molecule has 0 aromatic heterocycles. The minimum absolute atomic E-state index is 0.0267. The summed E-state index contributed by atoms with van der Waals surface area (Å²) in [6.07, 6.45) is 1.65. The highest BCUT2D eigenvalue weighted by molar-refractivity contribution is 8.18. The number of nitro benzene ring substituents is 1. The van der Waals surface area contributed by atoms with Gasteiger partial charge >= 0.3 is 10.1 Å². The molecule has 3 aromatic carbocycles. The third kappa shape index (κ3) is 5.50. The molecule has 0 atom stereocenters. The predicted octanol–water partition coefficient (Wildman–Crippen LogP) is 4.56. The van der Waals surface area contributed by atoms with Crippen LogP contribution in [0.2, 0.25) is 0 Å². The zero-order valence-corrected chi connectivity index (χ0v) is 19.3. The van der Waals surface area contributed by atoms with Crippen LogP contribution >= 0.6 is 11.8 Å². The minimum atomic E-state index is -4.26. The Labute approximate surface area is 199 Å². The first-order valence-electron chi connectivity index (χ1n) is 9.85. The molecule has 0 unspecified atom stereocenters. The molecule has 1 amide bonds. The molecule has 1 saturated heterocycles. The number of nitrogens with one attached hydrogen (secondary N) is 1. The fourth-order valence-corrected chi connectivity index (χ4v) is 4.73. The van der Waals surface area contributed by atoms with Gasteiger partial charge in [-0.1, -0.05) is 35.9 Å². The fourth-order valence-electron chi connectivity index (χ4n) is 2.92. The van der Waals surface area contributed by atoms with Gasteiger partial charge in [0.1, 0.15) is 10.6 Å². The van der Waals surface area contributed by atoms with Gasteiger partial charge in [0.05, 0.1) is 15.5 Å². The Morgan fingerprint density at radius 2 is 1.76 bits per heavy atom. The second kappa shape index (κ2) is 9.49. The Bertz CT molecular complexity index is 1430. The summed E-state index contributed by atoms with van der Waals surface area (Å²) < 4.78 is 30.0. The smallest absolute Gasteiger partial charge is 0.339 e. The second-order valence-electron chi connectivity index (χ2n) is 7.18. The number of hydrogen-bond donors (Lipinski definition) is 1. The van der Waals surface area contributed by atoms with E-state index in [-0.39, 0.29) is 22.2 Å². The monoisotopic (exact) mass is 495 g/mol. The largest absolute Gasteiger partial charge is 0.379 e. The lowest BCUT2D eigenvalue weighted by Gasteiger charge is -2.07. The highest BCUT2D eigenvalue weighted by Gasteiger charge is 2.24. The summed E-state index contributed by atoms with van der Waals surface area (Å²) in [7, 11) is -4.26. The zero-order valence-electron chi connectivity index (χ0n) is 17.7. The highest BCUT2D eigenvalue weighted by atomic mass is 32.2. The standard InChI is InChI=1S/C23H17N3O6S2/c1-15-5-9-17(10-6-15)24-23-25-22(27)21(33-23)13-16-7-11-19(12-8-16)32-34(30,31)20-4-2-3-18(14-20)26(28)29/h2-14H,1H3,(H,24,25,27)/b21-13-. The number of amidine groups is 1. The van der Waals surface area contributed by atoms with Crippen molar-refractivity contribution in [3.8, 4) is 5.75 Å². The fraction of sp³-hybridized carbons (Fsp3) is 0.0435. The number of non-ortho nitro benzene ring substituents is 1. The van der Waals surface area contributed by atoms with Crippen molar-refractivity contribution < 1.29 is 22.3 Å². The molecule has 1 fully saturated rings. The van der Waals surface area contributed by atoms with Gasteiger partial charge in [-0.15, -0.1) is 0 Å². The quantitative estimate of drug-likeness (QED) is 0.230. The van der Waals surface area contributed by atoms with Crippen molar-refractivity contribution in [2.24, 2.45) is 4.99 Å². The molecule has 9 nitrogen and oxygen atoms in total. The van der Waals surface area contributed by atoms with Gasteiger partial charge in [0.2, 0.25) is 0 Å². The molecule has 0 saturated carbocycles. The minimum Gasteiger partial charge on any atom is -0.379 e. The van der Waals surface area contributed by atoms with Gasteiger partial charge in [-0.05, 0) is 60.7 Å². The third-order valence-electron chi connectivity index (χ3n) is 4.62. The van der Waals surface area contributed by atoms with Gasteiger partial charge in [-0.25, -0.2) is 4.99 Å². The molecule has 1 aliphatic heterocycles. The van der Waals surface area contributed by atoms with E-state index in [0.29, 0.717) is 15.6 Å². The first-order chi connectivity index (χ1) is 16.2. The van der Waals surface area contributed by atoms with Crippen molar-refractivity contribution in [3.63, 3.8) is 0 Å². The van der Waals surface area contributed by atoms with Crippen LogP contribution in [0.1, 0.15) is 11.1 Å². The van der Waals surface area contributed by atoms with Crippen LogP contribution in [0.3, 0.4) is 0 Å². The number of nitrogens with zero attached hydrogens (tertiary/aromatic N) is 2. The molecule has 0 bridgehead atoms. The topological polar surface area (TPSA) is 128 Å². The van der Waals surface area contributed by atoms with Gasteiger partial charge in [-0.2, -0.15) is 8.42 Å². The number of hydrogen-bond acceptors (Lipinski definition) is 8. The molecule has 1 heterocycles. The van der Waals surface area contributed by atoms with E-state index >= 15 is 0 Å². The lowest BCUT2D eigenvalue weighted by Crippen LogP contribution is -2.19. The number of rotatable bonds is 6. The molecule has 0 spiro atoms. The van der Waals surface area contributed by atoms with Crippen LogP contribution in [0.5, 0.6) is 5.75 Å². The van der Waals surface area contributed by atoms with E-state index in [0.717, 1.165) is 17.3 Å². The van der Waals surface area contributed by atoms with Gasteiger partial charge in [0.25, 0.3) is 11.6 Å². The van der Waals surface area contributed by atoms with Crippen LogP contribution in [0, 0.1) is 17.0 Å². The lowest BCUT2D eigenvalue weighted by atomic mass is 10.2. The molecule has 34 heavy (non-hydrogen) atoms. The van der Waals surface area contributed by atoms with Crippen LogP contribution in [-0.2, 0) is 14.9 Å². The zero-order chi connectivity index (χ0) is 24.3. The van der Waals surface area contributed by atoms with E-state index in [1.807, 2.05) is 31.2 Å². The van der Waals surface area contributed by atoms with Crippen LogP contribution in [0.15, 0.2) is 87.6 Å². The number of carbonyl (C=O) groups excluding carboxylic acids is 1. The molecular weight excluding hydrogens is 478 g/mol. The summed E-state index contributed by atoms with van der Waals surface area (Å²) >= 11 is 1.20. The van der Waals surface area contributed by atoms with E-state index in [4.69, 9.17) is 4.18 Å². The Morgan fingerprint density at radius 3 is 2.44 bits per heavy atom. The average Bonchev–Trinajstić information content (AvgIpc) is 3.15. The molecular formula is C23H17N3O6S2. The maximum absolute atomic E-state index is 12.5. The first kappa shape index (κ1) is 23.2. The summed E-state index contributed by atoms with van der Waals surface area (Å²) in [6.45, 7) is 1.98. The molecule has 0 radical (unpaired) electrons. The number of nitro groups is 1. The Morgan fingerprint density at radius 1 is 1.06 bits per heavy atom. The molecule has 3 aromatic rings. The van der Waals surface area contributed by atoms with Crippen LogP contribution in [0.4, 0.5) is 11.4 Å². The van der Waals surface area contributed by atoms with Gasteiger partial charge in [-0.3, -0.25) is 14.9 Å². The van der Waals surface area contributed by atoms with Gasteiger partial charge < -0.3 is 9.50 Å². The second-order valence-corrected chi connectivity index (χ2v) is 9.76. The normalized spacial score (nSPS) is 16.0. The summed E-state index contributed by atoms with van der Waals surface area (Å²) in [4.78, 5) is 27.0. The van der Waals surface area contributed by atoms with E-state index in [1.165, 1.54) is 42.1 Å². The van der Waals surface area contributed by atoms with E-state index in [2.05, 4.69) is 10.3 Å². The average molecular weight is 496 g/mol. The summed E-state index contributed by atoms with van der Waals surface area (Å²) in [6, 6.07) is 18.2. The number of amides is 1. The SMILES string of the molecule is Cc1ccc(N=C2NC(=O)/C(=C/c3ccc(OS(=O)(=O)c4cccc([N+](=O)[O-])c4)cc3)S2)cc1. The molecule has 1 N–H and O–H groups in total. The number of thioether (sulfide) groups is 1.